The molecule has 0 heterocycles. The van der Waals surface area contributed by atoms with E-state index in [0.29, 0.717) is 0 Å². The third kappa shape index (κ3) is 3.54. The van der Waals surface area contributed by atoms with E-state index in [2.05, 4.69) is 12.2 Å². The van der Waals surface area contributed by atoms with Crippen molar-refractivity contribution < 1.29 is 0 Å². The fourth-order valence-electron chi connectivity index (χ4n) is 5.36. The first kappa shape index (κ1) is 13.9. The van der Waals surface area contributed by atoms with Gasteiger partial charge >= 0.3 is 0 Å². The molecule has 0 spiro atoms. The number of nitrogens with one attached hydrogen (secondary N) is 1. The maximum absolute atomic E-state index is 3.79. The summed E-state index contributed by atoms with van der Waals surface area (Å²) in [5.74, 6) is 4.37. The van der Waals surface area contributed by atoms with Crippen LogP contribution in [0.25, 0.3) is 0 Å². The van der Waals surface area contributed by atoms with Crippen LogP contribution >= 0.6 is 0 Å². The SMILES string of the molecule is CCNC(CCC1CCCC1)CC1CC2CCC1C2. The van der Waals surface area contributed by atoms with Crippen molar-refractivity contribution in [3.05, 3.63) is 0 Å². The van der Waals surface area contributed by atoms with Crippen molar-refractivity contribution in [2.75, 3.05) is 6.54 Å². The molecule has 2 bridgehead atoms. The molecule has 110 valence electrons. The van der Waals surface area contributed by atoms with Crippen LogP contribution in [0.4, 0.5) is 0 Å². The van der Waals surface area contributed by atoms with Crippen molar-refractivity contribution in [2.24, 2.45) is 23.7 Å². The quantitative estimate of drug-likeness (QED) is 0.698. The van der Waals surface area contributed by atoms with Crippen LogP contribution in [-0.2, 0) is 0 Å². The van der Waals surface area contributed by atoms with Crippen LogP contribution < -0.4 is 5.32 Å². The largest absolute Gasteiger partial charge is 0.314 e. The topological polar surface area (TPSA) is 12.0 Å². The average Bonchev–Trinajstić information content (AvgIpc) is 3.13. The average molecular weight is 263 g/mol. The van der Waals surface area contributed by atoms with Crippen molar-refractivity contribution >= 4 is 0 Å². The third-order valence-corrected chi connectivity index (χ3v) is 6.36. The Morgan fingerprint density at radius 1 is 1.05 bits per heavy atom. The van der Waals surface area contributed by atoms with Crippen molar-refractivity contribution in [3.63, 3.8) is 0 Å². The van der Waals surface area contributed by atoms with E-state index < -0.39 is 0 Å². The standard InChI is InChI=1S/C18H33N/c1-2-19-18(10-8-14-5-3-4-6-14)13-17-12-15-7-9-16(17)11-15/h14-19H,2-13H2,1H3. The Balaban J connectivity index is 1.43. The van der Waals surface area contributed by atoms with Crippen LogP contribution in [0.3, 0.4) is 0 Å². The summed E-state index contributed by atoms with van der Waals surface area (Å²) in [5.41, 5.74) is 0. The Morgan fingerprint density at radius 3 is 2.53 bits per heavy atom. The highest BCUT2D eigenvalue weighted by Crippen LogP contribution is 2.50. The molecule has 0 aromatic carbocycles. The van der Waals surface area contributed by atoms with E-state index in [1.54, 1.807) is 25.7 Å². The molecule has 0 aromatic heterocycles. The Kier molecular flexibility index (Phi) is 4.84. The zero-order chi connectivity index (χ0) is 13.1. The lowest BCUT2D eigenvalue weighted by Gasteiger charge is -2.28. The maximum Gasteiger partial charge on any atom is 0.00697 e. The van der Waals surface area contributed by atoms with E-state index in [1.807, 2.05) is 0 Å². The molecule has 1 nitrogen and oxygen atoms in total. The van der Waals surface area contributed by atoms with E-state index >= 15 is 0 Å². The molecule has 0 amide bonds. The molecule has 4 atom stereocenters. The lowest BCUT2D eigenvalue weighted by molar-refractivity contribution is 0.265. The minimum Gasteiger partial charge on any atom is -0.314 e. The first-order chi connectivity index (χ1) is 9.35. The summed E-state index contributed by atoms with van der Waals surface area (Å²) < 4.78 is 0. The number of hydrogen-bond acceptors (Lipinski definition) is 1. The minimum absolute atomic E-state index is 0.829. The minimum atomic E-state index is 0.829. The molecule has 0 aromatic rings. The Morgan fingerprint density at radius 2 is 1.89 bits per heavy atom. The van der Waals surface area contributed by atoms with E-state index in [4.69, 9.17) is 0 Å². The normalized spacial score (nSPS) is 36.2. The molecule has 0 aliphatic heterocycles. The molecule has 3 fully saturated rings. The number of rotatable bonds is 7. The van der Waals surface area contributed by atoms with Crippen LogP contribution in [0.15, 0.2) is 0 Å². The molecule has 19 heavy (non-hydrogen) atoms. The Bertz CT molecular complexity index is 269. The summed E-state index contributed by atoms with van der Waals surface area (Å²) in [4.78, 5) is 0. The highest BCUT2D eigenvalue weighted by molar-refractivity contribution is 4.91. The van der Waals surface area contributed by atoms with Crippen molar-refractivity contribution in [3.8, 4) is 0 Å². The molecular weight excluding hydrogens is 230 g/mol. The summed E-state index contributed by atoms with van der Waals surface area (Å²) in [6.45, 7) is 3.44. The predicted octanol–water partition coefficient (Wildman–Crippen LogP) is 4.76. The van der Waals surface area contributed by atoms with Gasteiger partial charge in [0, 0.05) is 6.04 Å². The Labute approximate surface area is 119 Å². The van der Waals surface area contributed by atoms with Gasteiger partial charge in [0.05, 0.1) is 0 Å². The van der Waals surface area contributed by atoms with Crippen LogP contribution in [0.2, 0.25) is 0 Å². The summed E-state index contributed by atoms with van der Waals surface area (Å²) in [5, 5.41) is 3.79. The second kappa shape index (κ2) is 6.61. The Hall–Kier alpha value is -0.0400. The zero-order valence-corrected chi connectivity index (χ0v) is 12.9. The summed E-state index contributed by atoms with van der Waals surface area (Å²) in [6, 6.07) is 0.829. The molecule has 3 aliphatic rings. The van der Waals surface area contributed by atoms with Gasteiger partial charge in [-0.2, -0.15) is 0 Å². The second-order valence-electron chi connectivity index (χ2n) is 7.65. The molecular formula is C18H33N. The van der Waals surface area contributed by atoms with Crippen LogP contribution in [0.1, 0.15) is 77.6 Å². The first-order valence-corrected chi connectivity index (χ1v) is 9.08. The molecule has 1 heteroatoms. The highest BCUT2D eigenvalue weighted by atomic mass is 14.9. The van der Waals surface area contributed by atoms with E-state index in [-0.39, 0.29) is 0 Å². The van der Waals surface area contributed by atoms with Gasteiger partial charge in [0.2, 0.25) is 0 Å². The zero-order valence-electron chi connectivity index (χ0n) is 12.9. The third-order valence-electron chi connectivity index (χ3n) is 6.36. The number of fused-ring (bicyclic) bond motifs is 2. The lowest BCUT2D eigenvalue weighted by Crippen LogP contribution is -2.32. The van der Waals surface area contributed by atoms with Crippen molar-refractivity contribution in [1.82, 2.24) is 5.32 Å². The maximum atomic E-state index is 3.79. The highest BCUT2D eigenvalue weighted by Gasteiger charge is 2.39. The fraction of sp³-hybridized carbons (Fsp3) is 1.00. The monoisotopic (exact) mass is 263 g/mol. The summed E-state index contributed by atoms with van der Waals surface area (Å²) in [7, 11) is 0. The molecule has 1 N–H and O–H groups in total. The first-order valence-electron chi connectivity index (χ1n) is 9.08. The van der Waals surface area contributed by atoms with Crippen molar-refractivity contribution in [1.29, 1.82) is 0 Å². The molecule has 3 rings (SSSR count). The van der Waals surface area contributed by atoms with Gasteiger partial charge in [-0.25, -0.2) is 0 Å². The number of hydrogen-bond donors (Lipinski definition) is 1. The van der Waals surface area contributed by atoms with Crippen LogP contribution in [0, 0.1) is 23.7 Å². The van der Waals surface area contributed by atoms with Crippen molar-refractivity contribution in [2.45, 2.75) is 83.6 Å². The fourth-order valence-corrected chi connectivity index (χ4v) is 5.36. The second-order valence-corrected chi connectivity index (χ2v) is 7.65. The molecule has 3 saturated carbocycles. The van der Waals surface area contributed by atoms with Crippen LogP contribution in [0.5, 0.6) is 0 Å². The molecule has 0 saturated heterocycles. The molecule has 4 unspecified atom stereocenters. The van der Waals surface area contributed by atoms with E-state index in [9.17, 15) is 0 Å². The van der Waals surface area contributed by atoms with Gasteiger partial charge in [-0.05, 0) is 68.7 Å². The van der Waals surface area contributed by atoms with Gasteiger partial charge in [0.25, 0.3) is 0 Å². The van der Waals surface area contributed by atoms with E-state index in [0.717, 1.165) is 36.3 Å². The van der Waals surface area contributed by atoms with Gasteiger partial charge in [0.15, 0.2) is 0 Å². The molecule has 3 aliphatic carbocycles. The summed E-state index contributed by atoms with van der Waals surface area (Å²) in [6.07, 6.45) is 16.7. The van der Waals surface area contributed by atoms with Crippen LogP contribution in [-0.4, -0.2) is 12.6 Å². The van der Waals surface area contributed by atoms with Gasteiger partial charge in [0.1, 0.15) is 0 Å². The van der Waals surface area contributed by atoms with Gasteiger partial charge in [-0.3, -0.25) is 0 Å². The van der Waals surface area contributed by atoms with Gasteiger partial charge < -0.3 is 5.32 Å². The smallest absolute Gasteiger partial charge is 0.00697 e. The van der Waals surface area contributed by atoms with E-state index in [1.165, 1.54) is 44.9 Å². The predicted molar refractivity (Wildman–Crippen MR) is 82.2 cm³/mol. The van der Waals surface area contributed by atoms with Gasteiger partial charge in [-0.15, -0.1) is 0 Å². The lowest BCUT2D eigenvalue weighted by atomic mass is 9.82. The molecule has 0 radical (unpaired) electrons. The summed E-state index contributed by atoms with van der Waals surface area (Å²) >= 11 is 0. The van der Waals surface area contributed by atoms with Gasteiger partial charge in [-0.1, -0.05) is 39.0 Å².